The van der Waals surface area contributed by atoms with Crippen molar-refractivity contribution in [3.8, 4) is 0 Å². The highest BCUT2D eigenvalue weighted by atomic mass is 19.4. The summed E-state index contributed by atoms with van der Waals surface area (Å²) in [5.74, 6) is -5.97. The molecule has 0 bridgehead atoms. The molecule has 4 nitrogen and oxygen atoms in total. The van der Waals surface area contributed by atoms with Gasteiger partial charge in [0, 0.05) is 12.5 Å². The minimum absolute atomic E-state index is 0.148. The molecular weight excluding hydrogens is 397 g/mol. The number of benzene rings is 2. The van der Waals surface area contributed by atoms with E-state index in [1.807, 2.05) is 0 Å². The van der Waals surface area contributed by atoms with Crippen molar-refractivity contribution in [3.05, 3.63) is 71.3 Å². The Morgan fingerprint density at radius 2 is 1.72 bits per heavy atom. The fourth-order valence-corrected chi connectivity index (χ4v) is 3.27. The van der Waals surface area contributed by atoms with Gasteiger partial charge in [0.05, 0.1) is 12.0 Å². The maximum absolute atomic E-state index is 13.5. The Morgan fingerprint density at radius 1 is 1.10 bits per heavy atom. The van der Waals surface area contributed by atoms with Gasteiger partial charge in [-0.1, -0.05) is 30.3 Å². The molecule has 1 unspecified atom stereocenters. The molecule has 2 atom stereocenters. The molecule has 2 aromatic rings. The summed E-state index contributed by atoms with van der Waals surface area (Å²) in [5.41, 5.74) is 0.0451. The number of rotatable bonds is 5. The second-order valence-corrected chi connectivity index (χ2v) is 6.69. The van der Waals surface area contributed by atoms with Gasteiger partial charge in [-0.25, -0.2) is 18.5 Å². The lowest BCUT2D eigenvalue weighted by atomic mass is 9.93. The van der Waals surface area contributed by atoms with E-state index in [9.17, 15) is 31.5 Å². The Bertz CT molecular complexity index is 880. The van der Waals surface area contributed by atoms with Crippen LogP contribution >= 0.6 is 0 Å². The lowest BCUT2D eigenvalue weighted by Crippen LogP contribution is -2.42. The van der Waals surface area contributed by atoms with Crippen LogP contribution in [0.3, 0.4) is 0 Å². The Hall–Kier alpha value is -2.97. The van der Waals surface area contributed by atoms with Gasteiger partial charge in [0.15, 0.2) is 0 Å². The first-order valence-corrected chi connectivity index (χ1v) is 8.70. The third-order valence-electron chi connectivity index (χ3n) is 4.61. The molecule has 3 rings (SSSR count). The largest absolute Gasteiger partial charge is 0.447 e. The molecule has 29 heavy (non-hydrogen) atoms. The van der Waals surface area contributed by atoms with Crippen LogP contribution in [0.15, 0.2) is 48.5 Å². The second kappa shape index (κ2) is 8.18. The van der Waals surface area contributed by atoms with Gasteiger partial charge in [0.2, 0.25) is 5.91 Å². The van der Waals surface area contributed by atoms with Gasteiger partial charge in [-0.15, -0.1) is 0 Å². The summed E-state index contributed by atoms with van der Waals surface area (Å²) < 4.78 is 72.2. The zero-order chi connectivity index (χ0) is 21.2. The van der Waals surface area contributed by atoms with Gasteiger partial charge >= 0.3 is 12.3 Å². The zero-order valence-electron chi connectivity index (χ0n) is 15.0. The fourth-order valence-electron chi connectivity index (χ4n) is 3.27. The highest BCUT2D eigenvalue weighted by Gasteiger charge is 2.46. The van der Waals surface area contributed by atoms with E-state index < -0.39 is 53.8 Å². The zero-order valence-corrected chi connectivity index (χ0v) is 15.0. The molecule has 9 heteroatoms. The third-order valence-corrected chi connectivity index (χ3v) is 4.61. The number of amides is 2. The third kappa shape index (κ3) is 4.90. The van der Waals surface area contributed by atoms with E-state index in [1.54, 1.807) is 30.3 Å². The van der Waals surface area contributed by atoms with Crippen molar-refractivity contribution in [1.82, 2.24) is 4.90 Å². The normalized spacial score (nSPS) is 17.9. The van der Waals surface area contributed by atoms with E-state index in [4.69, 9.17) is 4.74 Å². The van der Waals surface area contributed by atoms with Crippen LogP contribution in [0.2, 0.25) is 0 Å². The maximum Gasteiger partial charge on any atom is 0.416 e. The van der Waals surface area contributed by atoms with E-state index in [-0.39, 0.29) is 13.0 Å². The first-order chi connectivity index (χ1) is 13.6. The molecule has 0 aliphatic carbocycles. The van der Waals surface area contributed by atoms with Crippen LogP contribution in [0.5, 0.6) is 0 Å². The lowest BCUT2D eigenvalue weighted by molar-refractivity contribution is -0.160. The number of nitrogens with zero attached hydrogens (tertiary/aromatic N) is 1. The standard InChI is InChI=1S/C20H16F5NO3/c21-14-7-13(8-15(22)9-14)17(20(23,24)25)10-18(27)26-16(11-29-19(26)28)6-12-4-2-1-3-5-12/h1-5,7-9,16-17H,6,10-11H2/t16-,17?/m1/s1. The van der Waals surface area contributed by atoms with Crippen LogP contribution in [0.25, 0.3) is 0 Å². The maximum atomic E-state index is 13.5. The molecule has 1 saturated heterocycles. The van der Waals surface area contributed by atoms with Gasteiger partial charge in [-0.3, -0.25) is 4.79 Å². The van der Waals surface area contributed by atoms with Crippen LogP contribution < -0.4 is 0 Å². The minimum Gasteiger partial charge on any atom is -0.447 e. The number of cyclic esters (lactones) is 1. The van der Waals surface area contributed by atoms with E-state index >= 15 is 0 Å². The number of carbonyl (C=O) groups excluding carboxylic acids is 2. The van der Waals surface area contributed by atoms with Crippen LogP contribution in [-0.4, -0.2) is 35.7 Å². The number of imide groups is 1. The van der Waals surface area contributed by atoms with Crippen molar-refractivity contribution in [2.24, 2.45) is 0 Å². The topological polar surface area (TPSA) is 46.6 Å². The van der Waals surface area contributed by atoms with Gasteiger partial charge in [0.25, 0.3) is 0 Å². The molecule has 0 N–H and O–H groups in total. The number of alkyl halides is 3. The number of carbonyl (C=O) groups is 2. The average Bonchev–Trinajstić information content (AvgIpc) is 2.99. The molecule has 0 aromatic heterocycles. The first-order valence-electron chi connectivity index (χ1n) is 8.70. The quantitative estimate of drug-likeness (QED) is 0.674. The van der Waals surface area contributed by atoms with Gasteiger partial charge in [-0.05, 0) is 29.7 Å². The molecule has 0 spiro atoms. The predicted molar refractivity (Wildman–Crippen MR) is 91.9 cm³/mol. The van der Waals surface area contributed by atoms with Crippen molar-refractivity contribution in [2.45, 2.75) is 31.0 Å². The van der Waals surface area contributed by atoms with Crippen LogP contribution in [0.1, 0.15) is 23.5 Å². The number of hydrogen-bond acceptors (Lipinski definition) is 3. The molecule has 1 fully saturated rings. The Morgan fingerprint density at radius 3 is 2.31 bits per heavy atom. The molecule has 154 valence electrons. The second-order valence-electron chi connectivity index (χ2n) is 6.69. The van der Waals surface area contributed by atoms with Crippen LogP contribution in [0.4, 0.5) is 26.7 Å². The summed E-state index contributed by atoms with van der Waals surface area (Å²) in [6.07, 6.45) is -6.95. The van der Waals surface area contributed by atoms with Crippen molar-refractivity contribution >= 4 is 12.0 Å². The minimum atomic E-state index is -4.95. The summed E-state index contributed by atoms with van der Waals surface area (Å²) in [5, 5.41) is 0. The molecular formula is C20H16F5NO3. The van der Waals surface area contributed by atoms with Gasteiger partial charge < -0.3 is 4.74 Å². The molecule has 2 aromatic carbocycles. The Balaban J connectivity index is 1.83. The van der Waals surface area contributed by atoms with E-state index in [2.05, 4.69) is 0 Å². The molecule has 1 heterocycles. The molecule has 1 aliphatic heterocycles. The highest BCUT2D eigenvalue weighted by Crippen LogP contribution is 2.39. The smallest absolute Gasteiger partial charge is 0.416 e. The van der Waals surface area contributed by atoms with Crippen molar-refractivity contribution in [3.63, 3.8) is 0 Å². The lowest BCUT2D eigenvalue weighted by Gasteiger charge is -2.24. The van der Waals surface area contributed by atoms with E-state index in [0.29, 0.717) is 23.1 Å². The number of ether oxygens (including phenoxy) is 1. The molecule has 0 radical (unpaired) electrons. The summed E-state index contributed by atoms with van der Waals surface area (Å²) >= 11 is 0. The van der Waals surface area contributed by atoms with Crippen molar-refractivity contribution in [2.75, 3.05) is 6.61 Å². The summed E-state index contributed by atoms with van der Waals surface area (Å²) in [7, 11) is 0. The number of hydrogen-bond donors (Lipinski definition) is 0. The SMILES string of the molecule is O=C(CC(c1cc(F)cc(F)c1)C(F)(F)F)N1C(=O)OC[C@H]1Cc1ccccc1. The number of halogens is 5. The van der Waals surface area contributed by atoms with Gasteiger partial charge in [0.1, 0.15) is 18.2 Å². The highest BCUT2D eigenvalue weighted by molar-refractivity contribution is 5.94. The molecule has 1 aliphatic rings. The average molecular weight is 413 g/mol. The van der Waals surface area contributed by atoms with Crippen molar-refractivity contribution in [1.29, 1.82) is 0 Å². The van der Waals surface area contributed by atoms with Crippen LogP contribution in [0, 0.1) is 11.6 Å². The first kappa shape index (κ1) is 20.8. The Kier molecular flexibility index (Phi) is 5.86. The molecule has 0 saturated carbocycles. The van der Waals surface area contributed by atoms with E-state index in [1.165, 1.54) is 0 Å². The van der Waals surface area contributed by atoms with Crippen LogP contribution in [-0.2, 0) is 16.0 Å². The predicted octanol–water partition coefficient (Wildman–Crippen LogP) is 4.59. The monoisotopic (exact) mass is 413 g/mol. The molecule has 2 amide bonds. The fraction of sp³-hybridized carbons (Fsp3) is 0.300. The summed E-state index contributed by atoms with van der Waals surface area (Å²) in [6, 6.07) is 9.49. The Labute approximate surface area is 162 Å². The van der Waals surface area contributed by atoms with Crippen molar-refractivity contribution < 1.29 is 36.3 Å². The van der Waals surface area contributed by atoms with E-state index in [0.717, 1.165) is 5.56 Å². The summed E-state index contributed by atoms with van der Waals surface area (Å²) in [4.78, 5) is 25.2. The van der Waals surface area contributed by atoms with Gasteiger partial charge in [-0.2, -0.15) is 13.2 Å². The summed E-state index contributed by atoms with van der Waals surface area (Å²) in [6.45, 7) is -0.148.